The summed E-state index contributed by atoms with van der Waals surface area (Å²) in [5, 5.41) is 0. The minimum atomic E-state index is -0.360. The number of hydrogen-bond acceptors (Lipinski definition) is 3. The standard InChI is InChI=1S/C35H32O3/c36-35(38-24-15-5-2-6-16-24)34-32-27-19-9-7-17-25(27)31(26-18-8-10-20-28(26)32)33(34)29-21-11-12-22-30(29)37-23-13-3-1-4-14-23/h2,5-12,15-23,31-34H,1,3-4,13-14H2. The fourth-order valence-electron chi connectivity index (χ4n) is 7.23. The molecule has 190 valence electrons. The smallest absolute Gasteiger partial charge is 0.315 e. The number of ether oxygens (including phenoxy) is 2. The molecule has 38 heavy (non-hydrogen) atoms. The predicted octanol–water partition coefficient (Wildman–Crippen LogP) is 7.99. The lowest BCUT2D eigenvalue weighted by Crippen LogP contribution is -2.44. The van der Waals surface area contributed by atoms with Crippen LogP contribution in [0.2, 0.25) is 0 Å². The van der Waals surface area contributed by atoms with E-state index in [4.69, 9.17) is 9.47 Å². The van der Waals surface area contributed by atoms with E-state index in [1.807, 2.05) is 30.3 Å². The first kappa shape index (κ1) is 23.3. The summed E-state index contributed by atoms with van der Waals surface area (Å²) in [6.07, 6.45) is 6.14. The van der Waals surface area contributed by atoms with Gasteiger partial charge in [0.2, 0.25) is 0 Å². The number of hydrogen-bond donors (Lipinski definition) is 0. The molecule has 3 heteroatoms. The van der Waals surface area contributed by atoms with Gasteiger partial charge in [0, 0.05) is 17.8 Å². The third kappa shape index (κ3) is 3.93. The molecule has 1 fully saturated rings. The summed E-state index contributed by atoms with van der Waals surface area (Å²) in [7, 11) is 0. The van der Waals surface area contributed by atoms with E-state index in [9.17, 15) is 4.79 Å². The third-order valence-electron chi connectivity index (χ3n) is 8.80. The quantitative estimate of drug-likeness (QED) is 0.206. The molecule has 0 aliphatic heterocycles. The average Bonchev–Trinajstić information content (AvgIpc) is 2.98. The first-order valence-corrected chi connectivity index (χ1v) is 14.0. The zero-order valence-electron chi connectivity index (χ0n) is 21.5. The Morgan fingerprint density at radius 1 is 0.579 bits per heavy atom. The highest BCUT2D eigenvalue weighted by atomic mass is 16.5. The molecule has 2 bridgehead atoms. The van der Waals surface area contributed by atoms with Crippen molar-refractivity contribution in [3.05, 3.63) is 131 Å². The molecule has 0 radical (unpaired) electrons. The van der Waals surface area contributed by atoms with Crippen molar-refractivity contribution < 1.29 is 14.3 Å². The van der Waals surface area contributed by atoms with Gasteiger partial charge in [-0.25, -0.2) is 0 Å². The third-order valence-corrected chi connectivity index (χ3v) is 8.80. The molecule has 0 heterocycles. The first-order valence-electron chi connectivity index (χ1n) is 14.0. The zero-order valence-corrected chi connectivity index (χ0v) is 21.5. The summed E-state index contributed by atoms with van der Waals surface area (Å²) < 4.78 is 12.8. The van der Waals surface area contributed by atoms with Crippen molar-refractivity contribution in [2.75, 3.05) is 0 Å². The van der Waals surface area contributed by atoms with Crippen LogP contribution in [-0.4, -0.2) is 12.1 Å². The fraction of sp³-hybridized carbons (Fsp3) is 0.286. The molecular formula is C35H32O3. The molecule has 2 unspecified atom stereocenters. The number of fused-ring (bicyclic) bond motifs is 1. The van der Waals surface area contributed by atoms with Gasteiger partial charge in [0.15, 0.2) is 0 Å². The average molecular weight is 501 g/mol. The van der Waals surface area contributed by atoms with Gasteiger partial charge in [-0.3, -0.25) is 4.79 Å². The second kappa shape index (κ2) is 9.79. The van der Waals surface area contributed by atoms with Gasteiger partial charge in [-0.1, -0.05) is 91.3 Å². The Labute approximate surface area is 224 Å². The predicted molar refractivity (Wildman–Crippen MR) is 149 cm³/mol. The van der Waals surface area contributed by atoms with Crippen LogP contribution in [-0.2, 0) is 4.79 Å². The van der Waals surface area contributed by atoms with Gasteiger partial charge in [-0.15, -0.1) is 0 Å². The van der Waals surface area contributed by atoms with Crippen LogP contribution in [0.3, 0.4) is 0 Å². The Kier molecular flexibility index (Phi) is 6.00. The lowest BCUT2D eigenvalue weighted by Gasteiger charge is -2.50. The van der Waals surface area contributed by atoms with Crippen LogP contribution in [0.5, 0.6) is 11.5 Å². The number of carbonyl (C=O) groups excluding carboxylic acids is 1. The molecule has 0 saturated heterocycles. The summed E-state index contributed by atoms with van der Waals surface area (Å²) in [6.45, 7) is 0. The fourth-order valence-corrected chi connectivity index (χ4v) is 7.23. The van der Waals surface area contributed by atoms with E-state index < -0.39 is 0 Å². The second-order valence-corrected chi connectivity index (χ2v) is 10.9. The number of rotatable bonds is 5. The van der Waals surface area contributed by atoms with Crippen LogP contribution >= 0.6 is 0 Å². The summed E-state index contributed by atoms with van der Waals surface area (Å²) in [4.78, 5) is 14.2. The normalized spacial score (nSPS) is 23.8. The van der Waals surface area contributed by atoms with Crippen LogP contribution in [0.15, 0.2) is 103 Å². The molecule has 0 aromatic heterocycles. The number of carbonyl (C=O) groups is 1. The molecule has 0 N–H and O–H groups in total. The van der Waals surface area contributed by atoms with Gasteiger partial charge in [-0.05, 0) is 71.7 Å². The van der Waals surface area contributed by atoms with Gasteiger partial charge in [0.25, 0.3) is 0 Å². The molecule has 2 atom stereocenters. The maximum absolute atomic E-state index is 14.2. The van der Waals surface area contributed by atoms with Crippen molar-refractivity contribution in [2.45, 2.75) is 56.0 Å². The van der Waals surface area contributed by atoms with E-state index in [1.165, 1.54) is 41.5 Å². The van der Waals surface area contributed by atoms with Crippen molar-refractivity contribution in [3.8, 4) is 11.5 Å². The van der Waals surface area contributed by atoms with E-state index in [-0.39, 0.29) is 35.7 Å². The van der Waals surface area contributed by atoms with Crippen LogP contribution < -0.4 is 9.47 Å². The topological polar surface area (TPSA) is 35.5 Å². The molecule has 0 spiro atoms. The van der Waals surface area contributed by atoms with Gasteiger partial charge in [0.05, 0.1) is 12.0 Å². The van der Waals surface area contributed by atoms with Crippen LogP contribution in [0.25, 0.3) is 0 Å². The van der Waals surface area contributed by atoms with E-state index in [2.05, 4.69) is 72.8 Å². The van der Waals surface area contributed by atoms with Gasteiger partial charge in [-0.2, -0.15) is 0 Å². The summed E-state index contributed by atoms with van der Waals surface area (Å²) in [6, 6.07) is 35.2. The molecule has 3 nitrogen and oxygen atoms in total. The lowest BCUT2D eigenvalue weighted by atomic mass is 9.52. The molecule has 4 aliphatic carbocycles. The Morgan fingerprint density at radius 2 is 1.11 bits per heavy atom. The maximum Gasteiger partial charge on any atom is 0.315 e. The molecule has 1 saturated carbocycles. The van der Waals surface area contributed by atoms with E-state index in [0.717, 1.165) is 24.2 Å². The monoisotopic (exact) mass is 500 g/mol. The second-order valence-electron chi connectivity index (χ2n) is 10.9. The number of esters is 1. The van der Waals surface area contributed by atoms with Crippen molar-refractivity contribution in [1.29, 1.82) is 0 Å². The number of para-hydroxylation sites is 2. The molecule has 4 aliphatic rings. The van der Waals surface area contributed by atoms with Gasteiger partial charge < -0.3 is 9.47 Å². The highest BCUT2D eigenvalue weighted by Crippen LogP contribution is 2.62. The van der Waals surface area contributed by atoms with Crippen LogP contribution in [0.1, 0.15) is 77.7 Å². The minimum Gasteiger partial charge on any atom is -0.490 e. The van der Waals surface area contributed by atoms with Crippen molar-refractivity contribution in [2.24, 2.45) is 5.92 Å². The highest BCUT2D eigenvalue weighted by molar-refractivity contribution is 5.82. The molecular weight excluding hydrogens is 468 g/mol. The van der Waals surface area contributed by atoms with Crippen LogP contribution in [0, 0.1) is 5.92 Å². The van der Waals surface area contributed by atoms with E-state index in [1.54, 1.807) is 0 Å². The molecule has 4 aromatic rings. The summed E-state index contributed by atoms with van der Waals surface area (Å²) in [5.74, 6) is 0.873. The molecule has 4 aromatic carbocycles. The van der Waals surface area contributed by atoms with Crippen molar-refractivity contribution in [1.82, 2.24) is 0 Å². The Hall–Kier alpha value is -3.85. The van der Waals surface area contributed by atoms with Crippen molar-refractivity contribution >= 4 is 5.97 Å². The Bertz CT molecular complexity index is 1410. The van der Waals surface area contributed by atoms with E-state index >= 15 is 0 Å². The molecule has 0 amide bonds. The zero-order chi connectivity index (χ0) is 25.5. The summed E-state index contributed by atoms with van der Waals surface area (Å²) in [5.41, 5.74) is 6.24. The minimum absolute atomic E-state index is 0.0526. The summed E-state index contributed by atoms with van der Waals surface area (Å²) >= 11 is 0. The lowest BCUT2D eigenvalue weighted by molar-refractivity contribution is -0.141. The molecule has 8 rings (SSSR count). The first-order chi connectivity index (χ1) is 18.8. The maximum atomic E-state index is 14.2. The van der Waals surface area contributed by atoms with Gasteiger partial charge >= 0.3 is 5.97 Å². The SMILES string of the molecule is O=C(Oc1ccccc1)C1C2c3ccccc3C(c3ccccc32)C1c1ccccc1OC1CCCCC1. The van der Waals surface area contributed by atoms with Crippen molar-refractivity contribution in [3.63, 3.8) is 0 Å². The Balaban J connectivity index is 1.39. The van der Waals surface area contributed by atoms with Crippen LogP contribution in [0.4, 0.5) is 0 Å². The largest absolute Gasteiger partial charge is 0.490 e. The Morgan fingerprint density at radius 3 is 1.74 bits per heavy atom. The van der Waals surface area contributed by atoms with Gasteiger partial charge in [0.1, 0.15) is 11.5 Å². The number of benzene rings is 4. The highest BCUT2D eigenvalue weighted by Gasteiger charge is 2.54. The van der Waals surface area contributed by atoms with E-state index in [0.29, 0.717) is 5.75 Å².